The molecular weight excluding hydrogens is 412 g/mol. The van der Waals surface area contributed by atoms with Gasteiger partial charge in [-0.15, -0.1) is 0 Å². The van der Waals surface area contributed by atoms with E-state index in [2.05, 4.69) is 10.0 Å². The van der Waals surface area contributed by atoms with Crippen LogP contribution in [0.1, 0.15) is 27.0 Å². The van der Waals surface area contributed by atoms with Gasteiger partial charge in [-0.25, -0.2) is 8.42 Å². The van der Waals surface area contributed by atoms with Crippen molar-refractivity contribution >= 4 is 21.6 Å². The third kappa shape index (κ3) is 5.86. The molecule has 0 bridgehead atoms. The minimum atomic E-state index is -3.81. The molecule has 31 heavy (non-hydrogen) atoms. The largest absolute Gasteiger partial charge is 0.492 e. The maximum atomic E-state index is 12.7. The molecule has 1 amide bonds. The van der Waals surface area contributed by atoms with Crippen LogP contribution in [0.4, 0.5) is 5.69 Å². The van der Waals surface area contributed by atoms with E-state index < -0.39 is 10.0 Å². The van der Waals surface area contributed by atoms with Crippen LogP contribution in [0.5, 0.6) is 5.75 Å². The van der Waals surface area contributed by atoms with E-state index in [4.69, 9.17) is 4.74 Å². The maximum Gasteiger partial charge on any atom is 0.261 e. The molecule has 2 N–H and O–H groups in total. The lowest BCUT2D eigenvalue weighted by molar-refractivity contribution is 0.0948. The molecule has 7 heteroatoms. The highest BCUT2D eigenvalue weighted by Crippen LogP contribution is 2.21. The molecule has 162 valence electrons. The Morgan fingerprint density at radius 1 is 0.903 bits per heavy atom. The van der Waals surface area contributed by atoms with Crippen molar-refractivity contribution in [3.8, 4) is 5.75 Å². The predicted molar refractivity (Wildman–Crippen MR) is 122 cm³/mol. The van der Waals surface area contributed by atoms with Crippen LogP contribution >= 0.6 is 0 Å². The van der Waals surface area contributed by atoms with E-state index in [9.17, 15) is 13.2 Å². The normalized spacial score (nSPS) is 11.1. The van der Waals surface area contributed by atoms with Crippen molar-refractivity contribution in [2.75, 3.05) is 17.9 Å². The van der Waals surface area contributed by atoms with Gasteiger partial charge in [0.25, 0.3) is 15.9 Å². The van der Waals surface area contributed by atoms with E-state index in [0.29, 0.717) is 6.61 Å². The van der Waals surface area contributed by atoms with E-state index in [0.717, 1.165) is 16.9 Å². The summed E-state index contributed by atoms with van der Waals surface area (Å²) >= 11 is 0. The molecule has 3 aromatic rings. The van der Waals surface area contributed by atoms with E-state index in [1.54, 1.807) is 36.4 Å². The number of anilines is 1. The minimum absolute atomic E-state index is 0.134. The molecule has 3 aromatic carbocycles. The molecule has 3 rings (SSSR count). The van der Waals surface area contributed by atoms with Gasteiger partial charge in [0.1, 0.15) is 12.4 Å². The lowest BCUT2D eigenvalue weighted by Crippen LogP contribution is -2.29. The second-order valence-electron chi connectivity index (χ2n) is 7.31. The summed E-state index contributed by atoms with van der Waals surface area (Å²) in [7, 11) is -3.81. The number of aryl methyl sites for hydroxylation is 3. The van der Waals surface area contributed by atoms with Crippen molar-refractivity contribution in [1.82, 2.24) is 5.32 Å². The lowest BCUT2D eigenvalue weighted by atomic mass is 10.1. The zero-order chi connectivity index (χ0) is 22.4. The van der Waals surface area contributed by atoms with Crippen molar-refractivity contribution in [2.45, 2.75) is 25.7 Å². The second kappa shape index (κ2) is 9.66. The van der Waals surface area contributed by atoms with Crippen molar-refractivity contribution in [3.05, 3.63) is 89.0 Å². The monoisotopic (exact) mass is 438 g/mol. The van der Waals surface area contributed by atoms with Crippen LogP contribution in [0.15, 0.2) is 71.6 Å². The smallest absolute Gasteiger partial charge is 0.261 e. The minimum Gasteiger partial charge on any atom is -0.492 e. The standard InChI is InChI=1S/C24H26N2O4S/c1-17-8-12-21(13-9-17)31(28,29)26-23-7-5-4-6-22(23)24(27)25-14-15-30-20-11-10-18(2)19(3)16-20/h4-13,16,26H,14-15H2,1-3H3,(H,25,27). The zero-order valence-corrected chi connectivity index (χ0v) is 18.6. The summed E-state index contributed by atoms with van der Waals surface area (Å²) in [5.74, 6) is 0.356. The molecule has 0 aliphatic carbocycles. The van der Waals surface area contributed by atoms with Crippen molar-refractivity contribution in [2.24, 2.45) is 0 Å². The number of para-hydroxylation sites is 1. The van der Waals surface area contributed by atoms with Crippen LogP contribution < -0.4 is 14.8 Å². The highest BCUT2D eigenvalue weighted by atomic mass is 32.2. The van der Waals surface area contributed by atoms with Crippen LogP contribution in [0.3, 0.4) is 0 Å². The topological polar surface area (TPSA) is 84.5 Å². The van der Waals surface area contributed by atoms with Crippen molar-refractivity contribution in [3.63, 3.8) is 0 Å². The Hall–Kier alpha value is -3.32. The van der Waals surface area contributed by atoms with Gasteiger partial charge >= 0.3 is 0 Å². The molecule has 0 fully saturated rings. The van der Waals surface area contributed by atoms with Crippen LogP contribution in [-0.4, -0.2) is 27.5 Å². The summed E-state index contributed by atoms with van der Waals surface area (Å²) < 4.78 is 33.6. The number of nitrogens with one attached hydrogen (secondary N) is 2. The van der Waals surface area contributed by atoms with Gasteiger partial charge in [-0.2, -0.15) is 0 Å². The molecule has 0 saturated carbocycles. The third-order valence-corrected chi connectivity index (χ3v) is 6.26. The van der Waals surface area contributed by atoms with E-state index in [-0.39, 0.29) is 28.6 Å². The Morgan fingerprint density at radius 3 is 2.32 bits per heavy atom. The SMILES string of the molecule is Cc1ccc(S(=O)(=O)Nc2ccccc2C(=O)NCCOc2ccc(C)c(C)c2)cc1. The number of carbonyl (C=O) groups is 1. The molecule has 0 spiro atoms. The molecule has 0 atom stereocenters. The predicted octanol–water partition coefficient (Wildman–Crippen LogP) is 4.22. The number of rotatable bonds is 8. The van der Waals surface area contributed by atoms with Gasteiger partial charge < -0.3 is 10.1 Å². The molecule has 0 saturated heterocycles. The number of amides is 1. The maximum absolute atomic E-state index is 12.7. The zero-order valence-electron chi connectivity index (χ0n) is 17.8. The van der Waals surface area contributed by atoms with Gasteiger partial charge in [0.15, 0.2) is 0 Å². The second-order valence-corrected chi connectivity index (χ2v) is 9.00. The first-order chi connectivity index (χ1) is 14.8. The summed E-state index contributed by atoms with van der Waals surface area (Å²) in [6, 6.07) is 18.8. The first-order valence-electron chi connectivity index (χ1n) is 9.93. The van der Waals surface area contributed by atoms with E-state index >= 15 is 0 Å². The Kier molecular flexibility index (Phi) is 6.97. The van der Waals surface area contributed by atoms with Gasteiger partial charge in [0, 0.05) is 0 Å². The van der Waals surface area contributed by atoms with E-state index in [1.165, 1.54) is 17.7 Å². The Balaban J connectivity index is 1.63. The number of hydrogen-bond acceptors (Lipinski definition) is 4. The molecular formula is C24H26N2O4S. The fraction of sp³-hybridized carbons (Fsp3) is 0.208. The van der Waals surface area contributed by atoms with Gasteiger partial charge in [0.2, 0.25) is 0 Å². The summed E-state index contributed by atoms with van der Waals surface area (Å²) in [6.07, 6.45) is 0. The van der Waals surface area contributed by atoms with Gasteiger partial charge in [-0.1, -0.05) is 35.9 Å². The van der Waals surface area contributed by atoms with Gasteiger partial charge in [-0.3, -0.25) is 9.52 Å². The molecule has 0 unspecified atom stereocenters. The average molecular weight is 439 g/mol. The summed E-state index contributed by atoms with van der Waals surface area (Å²) in [4.78, 5) is 12.8. The Bertz CT molecular complexity index is 1170. The van der Waals surface area contributed by atoms with Gasteiger partial charge in [0.05, 0.1) is 22.7 Å². The highest BCUT2D eigenvalue weighted by molar-refractivity contribution is 7.92. The first kappa shape index (κ1) is 22.4. The van der Waals surface area contributed by atoms with Crippen molar-refractivity contribution in [1.29, 1.82) is 0 Å². The molecule has 0 aliphatic rings. The molecule has 6 nitrogen and oxygen atoms in total. The summed E-state index contributed by atoms with van der Waals surface area (Å²) in [5.41, 5.74) is 3.74. The number of ether oxygens (including phenoxy) is 1. The first-order valence-corrected chi connectivity index (χ1v) is 11.4. The van der Waals surface area contributed by atoms with Crippen LogP contribution in [0, 0.1) is 20.8 Å². The van der Waals surface area contributed by atoms with Crippen LogP contribution in [0.2, 0.25) is 0 Å². The number of benzene rings is 3. The quantitative estimate of drug-likeness (QED) is 0.516. The van der Waals surface area contributed by atoms with Crippen LogP contribution in [0.25, 0.3) is 0 Å². The molecule has 0 heterocycles. The van der Waals surface area contributed by atoms with Crippen molar-refractivity contribution < 1.29 is 17.9 Å². The molecule has 0 radical (unpaired) electrons. The van der Waals surface area contributed by atoms with E-state index in [1.807, 2.05) is 39.0 Å². The molecule has 0 aliphatic heterocycles. The molecule has 0 aromatic heterocycles. The number of hydrogen-bond donors (Lipinski definition) is 2. The highest BCUT2D eigenvalue weighted by Gasteiger charge is 2.18. The van der Waals surface area contributed by atoms with Crippen LogP contribution in [-0.2, 0) is 10.0 Å². The fourth-order valence-corrected chi connectivity index (χ4v) is 4.00. The number of sulfonamides is 1. The van der Waals surface area contributed by atoms with Gasteiger partial charge in [-0.05, 0) is 68.3 Å². The average Bonchev–Trinajstić information content (AvgIpc) is 2.74. The Morgan fingerprint density at radius 2 is 1.61 bits per heavy atom. The summed E-state index contributed by atoms with van der Waals surface area (Å²) in [6.45, 7) is 6.51. The third-order valence-electron chi connectivity index (χ3n) is 4.88. The lowest BCUT2D eigenvalue weighted by Gasteiger charge is -2.13. The fourth-order valence-electron chi connectivity index (χ4n) is 2.92. The number of carbonyl (C=O) groups excluding carboxylic acids is 1. The Labute approximate surface area is 183 Å². The summed E-state index contributed by atoms with van der Waals surface area (Å²) in [5, 5.41) is 2.77.